The first-order valence-corrected chi connectivity index (χ1v) is 11.7. The van der Waals surface area contributed by atoms with Crippen LogP contribution >= 0.6 is 11.3 Å². The van der Waals surface area contributed by atoms with E-state index in [0.717, 1.165) is 34.8 Å². The maximum Gasteiger partial charge on any atom is 0.271 e. The molecular weight excluding hydrogens is 408 g/mol. The van der Waals surface area contributed by atoms with Crippen LogP contribution in [-0.2, 0) is 13.0 Å². The number of nitrogens with one attached hydrogen (secondary N) is 1. The highest BCUT2D eigenvalue weighted by Gasteiger charge is 2.42. The van der Waals surface area contributed by atoms with Crippen molar-refractivity contribution < 1.29 is 9.59 Å². The highest BCUT2D eigenvalue weighted by Crippen LogP contribution is 2.36. The Morgan fingerprint density at radius 2 is 1.87 bits per heavy atom. The first-order valence-electron chi connectivity index (χ1n) is 10.8. The zero-order chi connectivity index (χ0) is 21.5. The molecule has 1 saturated heterocycles. The highest BCUT2D eigenvalue weighted by molar-refractivity contribution is 7.12. The number of amides is 2. The molecule has 6 nitrogen and oxygen atoms in total. The number of hydrogen-bond donors (Lipinski definition) is 1. The van der Waals surface area contributed by atoms with Crippen molar-refractivity contribution >= 4 is 23.2 Å². The standard InChI is InChI=1S/C24H26N4O2S/c1-15(2)25-23(29)21-19-13-17-10-11-18(28(17)24(30)20-9-6-12-31-20)14-27(19)22(26-21)16-7-4-3-5-8-16/h3-9,12,15,17-18H,10-11,13-14H2,1-2H3,(H,25,29)/t17-,18+/m0/s1. The molecule has 2 atom stereocenters. The van der Waals surface area contributed by atoms with Crippen LogP contribution in [0, 0.1) is 0 Å². The molecule has 1 N–H and O–H groups in total. The van der Waals surface area contributed by atoms with Gasteiger partial charge in [0.1, 0.15) is 11.5 Å². The number of aromatic nitrogens is 2. The molecule has 2 aliphatic heterocycles. The Labute approximate surface area is 185 Å². The molecule has 5 rings (SSSR count). The lowest BCUT2D eigenvalue weighted by Crippen LogP contribution is -2.41. The fraction of sp³-hybridized carbons (Fsp3) is 0.375. The molecule has 0 radical (unpaired) electrons. The van der Waals surface area contributed by atoms with Crippen molar-refractivity contribution in [1.82, 2.24) is 19.8 Å². The van der Waals surface area contributed by atoms with E-state index in [9.17, 15) is 9.59 Å². The van der Waals surface area contributed by atoms with E-state index in [1.807, 2.05) is 61.7 Å². The average Bonchev–Trinajstić information content (AvgIpc) is 3.46. The largest absolute Gasteiger partial charge is 0.348 e. The van der Waals surface area contributed by atoms with Gasteiger partial charge in [-0.15, -0.1) is 11.3 Å². The Bertz CT molecular complexity index is 1100. The summed E-state index contributed by atoms with van der Waals surface area (Å²) < 4.78 is 2.18. The van der Waals surface area contributed by atoms with Crippen LogP contribution in [-0.4, -0.2) is 44.4 Å². The second-order valence-electron chi connectivity index (χ2n) is 8.61. The van der Waals surface area contributed by atoms with Crippen LogP contribution in [0.15, 0.2) is 47.8 Å². The summed E-state index contributed by atoms with van der Waals surface area (Å²) in [7, 11) is 0. The number of hydrogen-bond acceptors (Lipinski definition) is 4. The summed E-state index contributed by atoms with van der Waals surface area (Å²) in [5.74, 6) is 0.770. The van der Waals surface area contributed by atoms with Gasteiger partial charge in [0.05, 0.1) is 16.6 Å². The third-order valence-corrected chi connectivity index (χ3v) is 7.01. The Kier molecular flexibility index (Phi) is 5.14. The van der Waals surface area contributed by atoms with Crippen LogP contribution in [0.1, 0.15) is 52.5 Å². The van der Waals surface area contributed by atoms with Crippen molar-refractivity contribution in [3.05, 3.63) is 64.1 Å². The van der Waals surface area contributed by atoms with Crippen molar-refractivity contribution in [3.8, 4) is 11.4 Å². The van der Waals surface area contributed by atoms with Crippen LogP contribution in [0.4, 0.5) is 0 Å². The lowest BCUT2D eigenvalue weighted by Gasteiger charge is -2.27. The topological polar surface area (TPSA) is 67.2 Å². The van der Waals surface area contributed by atoms with Gasteiger partial charge >= 0.3 is 0 Å². The van der Waals surface area contributed by atoms with Gasteiger partial charge in [-0.05, 0) is 38.1 Å². The molecule has 1 aromatic carbocycles. The maximum absolute atomic E-state index is 13.3. The Morgan fingerprint density at radius 1 is 1.10 bits per heavy atom. The summed E-state index contributed by atoms with van der Waals surface area (Å²) in [4.78, 5) is 34.0. The summed E-state index contributed by atoms with van der Waals surface area (Å²) in [6, 6.07) is 14.1. The fourth-order valence-corrected chi connectivity index (χ4v) is 5.51. The molecule has 1 fully saturated rings. The summed E-state index contributed by atoms with van der Waals surface area (Å²) in [6.45, 7) is 4.57. The molecule has 0 unspecified atom stereocenters. The van der Waals surface area contributed by atoms with Crippen LogP contribution in [0.25, 0.3) is 11.4 Å². The first-order chi connectivity index (χ1) is 15.0. The lowest BCUT2D eigenvalue weighted by atomic mass is 10.0. The van der Waals surface area contributed by atoms with Crippen molar-refractivity contribution in [2.75, 3.05) is 0 Å². The highest BCUT2D eigenvalue weighted by atomic mass is 32.1. The SMILES string of the molecule is CC(C)NC(=O)c1nc(-c2ccccc2)n2c1C[C@@H]1CC[C@H](C2)N1C(=O)c1cccs1. The van der Waals surface area contributed by atoms with Crippen molar-refractivity contribution in [3.63, 3.8) is 0 Å². The van der Waals surface area contributed by atoms with E-state index in [2.05, 4.69) is 14.8 Å². The van der Waals surface area contributed by atoms with Crippen molar-refractivity contribution in [2.45, 2.75) is 57.8 Å². The average molecular weight is 435 g/mol. The molecule has 0 saturated carbocycles. The Morgan fingerprint density at radius 3 is 2.58 bits per heavy atom. The molecule has 31 heavy (non-hydrogen) atoms. The minimum absolute atomic E-state index is 0.0316. The van der Waals surface area contributed by atoms with Gasteiger partial charge in [0.2, 0.25) is 0 Å². The Balaban J connectivity index is 1.58. The molecule has 2 aliphatic rings. The molecule has 3 aromatic rings. The monoisotopic (exact) mass is 434 g/mol. The van der Waals surface area contributed by atoms with Gasteiger partial charge in [0.15, 0.2) is 0 Å². The molecule has 0 spiro atoms. The van der Waals surface area contributed by atoms with E-state index < -0.39 is 0 Å². The summed E-state index contributed by atoms with van der Waals surface area (Å²) in [5.41, 5.74) is 2.41. The number of carbonyl (C=O) groups is 2. The number of nitrogens with zero attached hydrogens (tertiary/aromatic N) is 3. The smallest absolute Gasteiger partial charge is 0.271 e. The van der Waals surface area contributed by atoms with Gasteiger partial charge in [-0.2, -0.15) is 0 Å². The predicted molar refractivity (Wildman–Crippen MR) is 121 cm³/mol. The van der Waals surface area contributed by atoms with Crippen LogP contribution in [0.3, 0.4) is 0 Å². The van der Waals surface area contributed by atoms with Crippen LogP contribution in [0.5, 0.6) is 0 Å². The van der Waals surface area contributed by atoms with Gasteiger partial charge in [-0.1, -0.05) is 36.4 Å². The van der Waals surface area contributed by atoms with E-state index >= 15 is 0 Å². The maximum atomic E-state index is 13.3. The van der Waals surface area contributed by atoms with Gasteiger partial charge < -0.3 is 14.8 Å². The summed E-state index contributed by atoms with van der Waals surface area (Å²) >= 11 is 1.49. The minimum atomic E-state index is -0.144. The zero-order valence-corrected chi connectivity index (χ0v) is 18.6. The number of carbonyl (C=O) groups excluding carboxylic acids is 2. The molecule has 0 aliphatic carbocycles. The van der Waals surface area contributed by atoms with Gasteiger partial charge in [-0.3, -0.25) is 9.59 Å². The van der Waals surface area contributed by atoms with E-state index in [-0.39, 0.29) is 29.9 Å². The second kappa shape index (κ2) is 7.96. The van der Waals surface area contributed by atoms with Gasteiger partial charge in [-0.25, -0.2) is 4.98 Å². The molecule has 2 bridgehead atoms. The van der Waals surface area contributed by atoms with E-state index in [4.69, 9.17) is 4.98 Å². The van der Waals surface area contributed by atoms with Gasteiger partial charge in [0, 0.05) is 30.6 Å². The first kappa shape index (κ1) is 20.0. The number of thiophene rings is 1. The number of benzene rings is 1. The van der Waals surface area contributed by atoms with E-state index in [0.29, 0.717) is 18.7 Å². The van der Waals surface area contributed by atoms with Crippen molar-refractivity contribution in [2.24, 2.45) is 0 Å². The molecule has 7 heteroatoms. The van der Waals surface area contributed by atoms with Crippen LogP contribution in [0.2, 0.25) is 0 Å². The number of fused-ring (bicyclic) bond motifs is 3. The Hall–Kier alpha value is -2.93. The third kappa shape index (κ3) is 3.57. The van der Waals surface area contributed by atoms with Crippen LogP contribution < -0.4 is 5.32 Å². The molecule has 4 heterocycles. The number of rotatable bonds is 4. The predicted octanol–water partition coefficient (Wildman–Crippen LogP) is 3.98. The van der Waals surface area contributed by atoms with Gasteiger partial charge in [0.25, 0.3) is 11.8 Å². The third-order valence-electron chi connectivity index (χ3n) is 6.15. The number of imidazole rings is 1. The lowest BCUT2D eigenvalue weighted by molar-refractivity contribution is 0.0671. The zero-order valence-electron chi connectivity index (χ0n) is 17.7. The summed E-state index contributed by atoms with van der Waals surface area (Å²) in [6.07, 6.45) is 2.58. The fourth-order valence-electron chi connectivity index (χ4n) is 4.84. The second-order valence-corrected chi connectivity index (χ2v) is 9.56. The minimum Gasteiger partial charge on any atom is -0.348 e. The molecule has 2 amide bonds. The van der Waals surface area contributed by atoms with Crippen molar-refractivity contribution in [1.29, 1.82) is 0 Å². The normalized spacial score (nSPS) is 19.9. The quantitative estimate of drug-likeness (QED) is 0.675. The molecule has 160 valence electrons. The molecular formula is C24H26N4O2S. The van der Waals surface area contributed by atoms with E-state index in [1.165, 1.54) is 11.3 Å². The molecule has 2 aromatic heterocycles. The summed E-state index contributed by atoms with van der Waals surface area (Å²) in [5, 5.41) is 4.95. The van der Waals surface area contributed by atoms with E-state index in [1.54, 1.807) is 0 Å².